The Morgan fingerprint density at radius 3 is 2.76 bits per heavy atom. The molecule has 1 aromatic carbocycles. The number of carbonyl (C=O) groups is 2. The molecule has 0 saturated carbocycles. The highest BCUT2D eigenvalue weighted by atomic mass is 16.2. The topological polar surface area (TPSA) is 67.2 Å². The van der Waals surface area contributed by atoms with E-state index in [1.807, 2.05) is 27.7 Å². The van der Waals surface area contributed by atoms with Crippen LogP contribution in [0, 0.1) is 5.92 Å². The molecular formula is C23H30N4O2. The minimum absolute atomic E-state index is 0.00876. The standard InChI is InChI=1S/C23H30N4O2/c1-17-8-7-14-26(16-17)23(29)20-19-11-5-6-15-27(19)21(25-20)22(28)24-13-12-18-9-3-2-4-10-18/h2-4,9-10,17H,5-8,11-16H2,1H3,(H,24,28). The van der Waals surface area contributed by atoms with Crippen LogP contribution in [0.3, 0.4) is 0 Å². The summed E-state index contributed by atoms with van der Waals surface area (Å²) in [6.45, 7) is 5.07. The van der Waals surface area contributed by atoms with E-state index >= 15 is 0 Å². The van der Waals surface area contributed by atoms with E-state index in [1.165, 1.54) is 12.0 Å². The number of amides is 2. The molecule has 3 heterocycles. The SMILES string of the molecule is CC1CCCN(C(=O)c2nc(C(=O)NCCc3ccccc3)n3c2CCCC3)C1. The van der Waals surface area contributed by atoms with Crippen molar-refractivity contribution in [2.24, 2.45) is 5.92 Å². The van der Waals surface area contributed by atoms with E-state index in [-0.39, 0.29) is 11.8 Å². The summed E-state index contributed by atoms with van der Waals surface area (Å²) in [6.07, 6.45) is 5.85. The number of aromatic nitrogens is 2. The van der Waals surface area contributed by atoms with Crippen molar-refractivity contribution in [1.29, 1.82) is 0 Å². The molecule has 6 nitrogen and oxygen atoms in total. The monoisotopic (exact) mass is 394 g/mol. The van der Waals surface area contributed by atoms with E-state index in [2.05, 4.69) is 29.4 Å². The summed E-state index contributed by atoms with van der Waals surface area (Å²) in [5.74, 6) is 0.716. The third-order valence-corrected chi connectivity index (χ3v) is 6.01. The fourth-order valence-corrected chi connectivity index (χ4v) is 4.46. The van der Waals surface area contributed by atoms with Gasteiger partial charge in [-0.05, 0) is 50.0 Å². The summed E-state index contributed by atoms with van der Waals surface area (Å²) in [5, 5.41) is 2.99. The molecule has 2 aliphatic heterocycles. The van der Waals surface area contributed by atoms with E-state index in [9.17, 15) is 9.59 Å². The quantitative estimate of drug-likeness (QED) is 0.848. The molecule has 2 amide bonds. The lowest BCUT2D eigenvalue weighted by Crippen LogP contribution is -2.39. The van der Waals surface area contributed by atoms with Crippen LogP contribution in [-0.4, -0.2) is 45.9 Å². The van der Waals surface area contributed by atoms with Crippen molar-refractivity contribution in [3.63, 3.8) is 0 Å². The van der Waals surface area contributed by atoms with Gasteiger partial charge < -0.3 is 14.8 Å². The van der Waals surface area contributed by atoms with Gasteiger partial charge in [-0.25, -0.2) is 4.98 Å². The Labute approximate surface area is 172 Å². The fourth-order valence-electron chi connectivity index (χ4n) is 4.46. The van der Waals surface area contributed by atoms with Gasteiger partial charge in [0.1, 0.15) is 5.69 Å². The second-order valence-corrected chi connectivity index (χ2v) is 8.33. The first-order valence-electron chi connectivity index (χ1n) is 10.8. The van der Waals surface area contributed by atoms with Crippen molar-refractivity contribution < 1.29 is 9.59 Å². The molecular weight excluding hydrogens is 364 g/mol. The summed E-state index contributed by atoms with van der Waals surface area (Å²) in [5.41, 5.74) is 2.62. The van der Waals surface area contributed by atoms with Crippen molar-refractivity contribution in [2.45, 2.75) is 52.0 Å². The number of nitrogens with zero attached hydrogens (tertiary/aromatic N) is 3. The van der Waals surface area contributed by atoms with Gasteiger partial charge in [0.05, 0.1) is 5.69 Å². The van der Waals surface area contributed by atoms with Gasteiger partial charge in [-0.15, -0.1) is 0 Å². The van der Waals surface area contributed by atoms with Crippen LogP contribution in [0.1, 0.15) is 65.0 Å². The van der Waals surface area contributed by atoms with Gasteiger partial charge in [-0.1, -0.05) is 37.3 Å². The highest BCUT2D eigenvalue weighted by Crippen LogP contribution is 2.24. The second-order valence-electron chi connectivity index (χ2n) is 8.33. The normalized spacial score (nSPS) is 18.9. The van der Waals surface area contributed by atoms with Gasteiger partial charge >= 0.3 is 0 Å². The molecule has 1 N–H and O–H groups in total. The molecule has 1 unspecified atom stereocenters. The molecule has 154 valence electrons. The van der Waals surface area contributed by atoms with Gasteiger partial charge in [0.25, 0.3) is 11.8 Å². The van der Waals surface area contributed by atoms with E-state index in [4.69, 9.17) is 0 Å². The van der Waals surface area contributed by atoms with Crippen LogP contribution in [0.4, 0.5) is 0 Å². The van der Waals surface area contributed by atoms with Crippen molar-refractivity contribution >= 4 is 11.8 Å². The third-order valence-electron chi connectivity index (χ3n) is 6.01. The first-order valence-corrected chi connectivity index (χ1v) is 10.8. The van der Waals surface area contributed by atoms with Gasteiger partial charge in [-0.2, -0.15) is 0 Å². The predicted octanol–water partition coefficient (Wildman–Crippen LogP) is 3.06. The number of hydrogen-bond donors (Lipinski definition) is 1. The lowest BCUT2D eigenvalue weighted by Gasteiger charge is -2.30. The first kappa shape index (κ1) is 19.7. The molecule has 1 saturated heterocycles. The van der Waals surface area contributed by atoms with Crippen molar-refractivity contribution in [3.8, 4) is 0 Å². The Kier molecular flexibility index (Phi) is 5.97. The first-order chi connectivity index (χ1) is 14.1. The maximum absolute atomic E-state index is 13.2. The van der Waals surface area contributed by atoms with Crippen LogP contribution in [0.5, 0.6) is 0 Å². The lowest BCUT2D eigenvalue weighted by molar-refractivity contribution is 0.0676. The maximum Gasteiger partial charge on any atom is 0.287 e. The number of nitrogens with one attached hydrogen (secondary N) is 1. The van der Waals surface area contributed by atoms with Crippen molar-refractivity contribution in [1.82, 2.24) is 19.8 Å². The van der Waals surface area contributed by atoms with Crippen molar-refractivity contribution in [2.75, 3.05) is 19.6 Å². The Morgan fingerprint density at radius 2 is 1.97 bits per heavy atom. The van der Waals surface area contributed by atoms with Crippen LogP contribution in [0.15, 0.2) is 30.3 Å². The molecule has 2 aromatic rings. The summed E-state index contributed by atoms with van der Waals surface area (Å²) in [4.78, 5) is 32.5. The Balaban J connectivity index is 1.49. The van der Waals surface area contributed by atoms with E-state index < -0.39 is 0 Å². The van der Waals surface area contributed by atoms with Gasteiger partial charge in [-0.3, -0.25) is 9.59 Å². The predicted molar refractivity (Wildman–Crippen MR) is 112 cm³/mol. The summed E-state index contributed by atoms with van der Waals surface area (Å²) < 4.78 is 1.97. The van der Waals surface area contributed by atoms with Crippen LogP contribution < -0.4 is 5.32 Å². The zero-order chi connectivity index (χ0) is 20.2. The summed E-state index contributed by atoms with van der Waals surface area (Å²) >= 11 is 0. The number of carbonyl (C=O) groups excluding carboxylic acids is 2. The van der Waals surface area contributed by atoms with Crippen LogP contribution >= 0.6 is 0 Å². The van der Waals surface area contributed by atoms with Gasteiger partial charge in [0.2, 0.25) is 0 Å². The lowest BCUT2D eigenvalue weighted by atomic mass is 9.99. The fraction of sp³-hybridized carbons (Fsp3) is 0.522. The summed E-state index contributed by atoms with van der Waals surface area (Å²) in [7, 11) is 0. The molecule has 2 aliphatic rings. The molecule has 6 heteroatoms. The van der Waals surface area contributed by atoms with E-state index in [0.29, 0.717) is 24.0 Å². The number of likely N-dealkylation sites (tertiary alicyclic amines) is 1. The number of hydrogen-bond acceptors (Lipinski definition) is 3. The zero-order valence-corrected chi connectivity index (χ0v) is 17.2. The Morgan fingerprint density at radius 1 is 1.14 bits per heavy atom. The van der Waals surface area contributed by atoms with Crippen LogP contribution in [0.2, 0.25) is 0 Å². The second kappa shape index (κ2) is 8.80. The molecule has 0 aliphatic carbocycles. The minimum atomic E-state index is -0.185. The van der Waals surface area contributed by atoms with Crippen LogP contribution in [-0.2, 0) is 19.4 Å². The molecule has 0 radical (unpaired) electrons. The average molecular weight is 395 g/mol. The van der Waals surface area contributed by atoms with Crippen molar-refractivity contribution in [3.05, 3.63) is 53.1 Å². The highest BCUT2D eigenvalue weighted by Gasteiger charge is 2.31. The van der Waals surface area contributed by atoms with Gasteiger partial charge in [0.15, 0.2) is 5.82 Å². The molecule has 1 fully saturated rings. The molecule has 0 bridgehead atoms. The summed E-state index contributed by atoms with van der Waals surface area (Å²) in [6, 6.07) is 10.1. The molecule has 1 atom stereocenters. The number of benzene rings is 1. The number of fused-ring (bicyclic) bond motifs is 1. The largest absolute Gasteiger partial charge is 0.349 e. The van der Waals surface area contributed by atoms with E-state index in [1.54, 1.807) is 0 Å². The van der Waals surface area contributed by atoms with E-state index in [0.717, 1.165) is 57.4 Å². The zero-order valence-electron chi connectivity index (χ0n) is 17.2. The Hall–Kier alpha value is -2.63. The number of piperidine rings is 1. The minimum Gasteiger partial charge on any atom is -0.349 e. The molecule has 29 heavy (non-hydrogen) atoms. The Bertz CT molecular complexity index is 875. The molecule has 0 spiro atoms. The average Bonchev–Trinajstić information content (AvgIpc) is 3.14. The number of rotatable bonds is 5. The molecule has 4 rings (SSSR count). The highest BCUT2D eigenvalue weighted by molar-refractivity contribution is 5.97. The number of imidazole rings is 1. The smallest absolute Gasteiger partial charge is 0.287 e. The third kappa shape index (κ3) is 4.36. The molecule has 1 aromatic heterocycles. The van der Waals surface area contributed by atoms with Gasteiger partial charge in [0, 0.05) is 26.2 Å². The van der Waals surface area contributed by atoms with Crippen LogP contribution in [0.25, 0.3) is 0 Å². The maximum atomic E-state index is 13.2.